The summed E-state index contributed by atoms with van der Waals surface area (Å²) >= 11 is 6.61. The van der Waals surface area contributed by atoms with Gasteiger partial charge >= 0.3 is 0 Å². The van der Waals surface area contributed by atoms with E-state index in [-0.39, 0.29) is 17.0 Å². The number of halogens is 3. The highest BCUT2D eigenvalue weighted by Gasteiger charge is 1.97. The molecule has 0 unspecified atom stereocenters. The van der Waals surface area contributed by atoms with Gasteiger partial charge in [0.2, 0.25) is 0 Å². The van der Waals surface area contributed by atoms with E-state index in [4.69, 9.17) is 0 Å². The molecular formula is C5H4Br3N. The topological polar surface area (TPSA) is 14.1 Å². The lowest BCUT2D eigenvalue weighted by atomic mass is 10.5. The molecule has 0 saturated carbocycles. The maximum Gasteiger partial charge on any atom is 0.260 e. The van der Waals surface area contributed by atoms with E-state index in [9.17, 15) is 0 Å². The zero-order chi connectivity index (χ0) is 5.98. The lowest BCUT2D eigenvalue weighted by Gasteiger charge is -1.81. The number of H-pyrrole nitrogens is 1. The predicted molar refractivity (Wildman–Crippen MR) is 38.4 cm³/mol. The zero-order valence-electron chi connectivity index (χ0n) is 4.37. The molecule has 0 spiro atoms. The summed E-state index contributed by atoms with van der Waals surface area (Å²) in [6.07, 6.45) is 1.86. The molecule has 1 N–H and O–H groups in total. The van der Waals surface area contributed by atoms with Crippen LogP contribution in [0.5, 0.6) is 0 Å². The molecule has 1 rings (SSSR count). The van der Waals surface area contributed by atoms with Crippen LogP contribution in [0.3, 0.4) is 0 Å². The molecule has 0 aromatic carbocycles. The Balaban J connectivity index is 0.000000640. The second kappa shape index (κ2) is 4.41. The Labute approximate surface area is 80.9 Å². The van der Waals surface area contributed by atoms with Gasteiger partial charge in [0.05, 0.1) is 4.47 Å². The molecule has 9 heavy (non-hydrogen) atoms. The minimum absolute atomic E-state index is 0. The Morgan fingerprint density at radius 3 is 2.33 bits per heavy atom. The third-order valence-electron chi connectivity index (χ3n) is 0.759. The summed E-state index contributed by atoms with van der Waals surface area (Å²) in [6, 6.07) is 3.88. The molecule has 1 heterocycles. The fourth-order valence-electron chi connectivity index (χ4n) is 0.396. The first-order valence-corrected chi connectivity index (χ1v) is 3.71. The summed E-state index contributed by atoms with van der Waals surface area (Å²) in [5.74, 6) is 0. The summed E-state index contributed by atoms with van der Waals surface area (Å²) in [7, 11) is 0. The van der Waals surface area contributed by atoms with Gasteiger partial charge in [-0.3, -0.25) is 0 Å². The molecule has 4 heteroatoms. The number of pyridine rings is 1. The molecule has 50 valence electrons. The predicted octanol–water partition coefficient (Wildman–Crippen LogP) is -0.970. The highest BCUT2D eigenvalue weighted by molar-refractivity contribution is 9.13. The minimum Gasteiger partial charge on any atom is -1.00 e. The SMILES string of the molecule is Brc1ccc[nH+]c1Br.[Br-]. The normalized spacial score (nSPS) is 8.22. The van der Waals surface area contributed by atoms with Crippen LogP contribution in [0.4, 0.5) is 0 Å². The standard InChI is InChI=1S/C5H3Br2N.BrH/c6-4-2-1-3-8-5(4)7;/h1-3H;1H. The fourth-order valence-corrected chi connectivity index (χ4v) is 0.927. The van der Waals surface area contributed by atoms with Crippen molar-refractivity contribution in [3.05, 3.63) is 27.4 Å². The molecule has 0 bridgehead atoms. The van der Waals surface area contributed by atoms with Gasteiger partial charge in [-0.25, -0.2) is 4.98 Å². The molecule has 0 aliphatic heterocycles. The number of hydrogen-bond acceptors (Lipinski definition) is 0. The van der Waals surface area contributed by atoms with E-state index in [0.29, 0.717) is 0 Å². The van der Waals surface area contributed by atoms with Crippen LogP contribution in [0.1, 0.15) is 0 Å². The molecule has 0 radical (unpaired) electrons. The van der Waals surface area contributed by atoms with Crippen LogP contribution in [0.2, 0.25) is 0 Å². The number of aromatic nitrogens is 1. The average molecular weight is 318 g/mol. The maximum absolute atomic E-state index is 3.32. The molecule has 0 saturated heterocycles. The van der Waals surface area contributed by atoms with Crippen LogP contribution in [-0.4, -0.2) is 0 Å². The van der Waals surface area contributed by atoms with Crippen LogP contribution in [-0.2, 0) is 0 Å². The van der Waals surface area contributed by atoms with Crippen LogP contribution in [0.15, 0.2) is 27.4 Å². The first-order chi connectivity index (χ1) is 3.80. The summed E-state index contributed by atoms with van der Waals surface area (Å²) in [5.41, 5.74) is 0. The van der Waals surface area contributed by atoms with E-state index in [1.165, 1.54) is 0 Å². The van der Waals surface area contributed by atoms with Crippen LogP contribution >= 0.6 is 31.9 Å². The molecule has 0 aliphatic rings. The van der Waals surface area contributed by atoms with Gasteiger partial charge in [0.25, 0.3) is 4.60 Å². The van der Waals surface area contributed by atoms with Crippen molar-refractivity contribution in [2.45, 2.75) is 0 Å². The Hall–Kier alpha value is 0.590. The minimum atomic E-state index is 0. The lowest BCUT2D eigenvalue weighted by molar-refractivity contribution is -0.393. The van der Waals surface area contributed by atoms with Gasteiger partial charge in [0.15, 0.2) is 6.20 Å². The monoisotopic (exact) mass is 315 g/mol. The maximum atomic E-state index is 3.32. The van der Waals surface area contributed by atoms with Gasteiger partial charge in [0, 0.05) is 22.0 Å². The van der Waals surface area contributed by atoms with Gasteiger partial charge in [0.1, 0.15) is 0 Å². The fraction of sp³-hybridized carbons (Fsp3) is 0. The molecule has 0 amide bonds. The molecule has 0 atom stereocenters. The summed E-state index contributed by atoms with van der Waals surface area (Å²) in [6.45, 7) is 0. The van der Waals surface area contributed by atoms with Gasteiger partial charge in [-0.1, -0.05) is 0 Å². The van der Waals surface area contributed by atoms with E-state index >= 15 is 0 Å². The molecule has 1 nitrogen and oxygen atoms in total. The average Bonchev–Trinajstić information content (AvgIpc) is 1.77. The largest absolute Gasteiger partial charge is 1.00 e. The Kier molecular flexibility index (Phi) is 4.70. The van der Waals surface area contributed by atoms with Crippen molar-refractivity contribution < 1.29 is 22.0 Å². The van der Waals surface area contributed by atoms with Gasteiger partial charge in [-0.15, -0.1) is 0 Å². The van der Waals surface area contributed by atoms with Crippen LogP contribution in [0.25, 0.3) is 0 Å². The molecule has 0 fully saturated rings. The number of rotatable bonds is 0. The van der Waals surface area contributed by atoms with Crippen molar-refractivity contribution in [1.82, 2.24) is 0 Å². The Morgan fingerprint density at radius 1 is 1.33 bits per heavy atom. The summed E-state index contributed by atoms with van der Waals surface area (Å²) in [4.78, 5) is 2.97. The van der Waals surface area contributed by atoms with E-state index in [2.05, 4.69) is 36.8 Å². The lowest BCUT2D eigenvalue weighted by Crippen LogP contribution is -3.00. The zero-order valence-corrected chi connectivity index (χ0v) is 9.12. The highest BCUT2D eigenvalue weighted by atomic mass is 79.9. The third kappa shape index (κ3) is 2.78. The van der Waals surface area contributed by atoms with Gasteiger partial charge in [-0.2, -0.15) is 0 Å². The van der Waals surface area contributed by atoms with Gasteiger partial charge in [-0.05, 0) is 22.0 Å². The molecule has 1 aromatic heterocycles. The number of hydrogen-bond donors (Lipinski definition) is 0. The van der Waals surface area contributed by atoms with E-state index in [1.807, 2.05) is 18.3 Å². The molecule has 0 aliphatic carbocycles. The van der Waals surface area contributed by atoms with Crippen molar-refractivity contribution in [3.63, 3.8) is 0 Å². The van der Waals surface area contributed by atoms with E-state index in [0.717, 1.165) is 9.08 Å². The van der Waals surface area contributed by atoms with Crippen molar-refractivity contribution in [3.8, 4) is 0 Å². The quantitative estimate of drug-likeness (QED) is 0.547. The van der Waals surface area contributed by atoms with Crippen molar-refractivity contribution >= 4 is 31.9 Å². The van der Waals surface area contributed by atoms with Crippen molar-refractivity contribution in [2.24, 2.45) is 0 Å². The number of aromatic amines is 1. The van der Waals surface area contributed by atoms with E-state index < -0.39 is 0 Å². The molecule has 1 aromatic rings. The summed E-state index contributed by atoms with van der Waals surface area (Å²) < 4.78 is 2.01. The third-order valence-corrected chi connectivity index (χ3v) is 2.61. The Bertz CT molecular complexity index is 168. The van der Waals surface area contributed by atoms with Crippen molar-refractivity contribution in [2.75, 3.05) is 0 Å². The first kappa shape index (κ1) is 9.59. The highest BCUT2D eigenvalue weighted by Crippen LogP contribution is 2.15. The van der Waals surface area contributed by atoms with Crippen molar-refractivity contribution in [1.29, 1.82) is 0 Å². The van der Waals surface area contributed by atoms with Gasteiger partial charge < -0.3 is 17.0 Å². The van der Waals surface area contributed by atoms with Crippen LogP contribution in [0, 0.1) is 0 Å². The van der Waals surface area contributed by atoms with Crippen LogP contribution < -0.4 is 22.0 Å². The second-order valence-electron chi connectivity index (χ2n) is 1.33. The second-order valence-corrected chi connectivity index (χ2v) is 2.98. The smallest absolute Gasteiger partial charge is 0.260 e. The Morgan fingerprint density at radius 2 is 2.00 bits per heavy atom. The number of nitrogens with one attached hydrogen (secondary N) is 1. The summed E-state index contributed by atoms with van der Waals surface area (Å²) in [5, 5.41) is 0. The molecular weight excluding hydrogens is 314 g/mol. The van der Waals surface area contributed by atoms with E-state index in [1.54, 1.807) is 0 Å². The first-order valence-electron chi connectivity index (χ1n) is 2.12.